The van der Waals surface area contributed by atoms with E-state index in [0.717, 1.165) is 6.42 Å². The number of rotatable bonds is 0. The van der Waals surface area contributed by atoms with Gasteiger partial charge >= 0.3 is 0 Å². The molecule has 0 saturated heterocycles. The number of allylic oxidation sites excluding steroid dienone is 4. The fourth-order valence-corrected chi connectivity index (χ4v) is 0.393. The Morgan fingerprint density at radius 3 is 1.55 bits per heavy atom. The Labute approximate surface area is 84.8 Å². The predicted octanol–water partition coefficient (Wildman–Crippen LogP) is 2.52. The third-order valence-corrected chi connectivity index (χ3v) is 0.655. The van der Waals surface area contributed by atoms with Gasteiger partial charge in [-0.1, -0.05) is 24.3 Å². The summed E-state index contributed by atoms with van der Waals surface area (Å²) in [6, 6.07) is 0. The molecule has 0 aromatic heterocycles. The Balaban J connectivity index is -0.0000000379. The van der Waals surface area contributed by atoms with Gasteiger partial charge in [0.15, 0.2) is 0 Å². The minimum Gasteiger partial charge on any atom is -0.542 e. The maximum absolute atomic E-state index is 8.68. The molecule has 0 unspecified atom stereocenters. The van der Waals surface area contributed by atoms with Crippen molar-refractivity contribution >= 4 is 6.29 Å². The molecule has 2 heteroatoms. The van der Waals surface area contributed by atoms with Gasteiger partial charge in [-0.3, -0.25) is 6.29 Å². The van der Waals surface area contributed by atoms with Crippen LogP contribution in [0.25, 0.3) is 0 Å². The van der Waals surface area contributed by atoms with Crippen LogP contribution in [0.5, 0.6) is 0 Å². The summed E-state index contributed by atoms with van der Waals surface area (Å²) in [5.74, 6) is 0. The van der Waals surface area contributed by atoms with Crippen molar-refractivity contribution in [3.05, 3.63) is 39.2 Å². The van der Waals surface area contributed by atoms with Gasteiger partial charge < -0.3 is 19.6 Å². The summed E-state index contributed by atoms with van der Waals surface area (Å²) in [5, 5.41) is 0. The van der Waals surface area contributed by atoms with Crippen molar-refractivity contribution in [1.29, 1.82) is 0 Å². The van der Waals surface area contributed by atoms with Crippen molar-refractivity contribution in [2.45, 2.75) is 13.3 Å². The van der Waals surface area contributed by atoms with Gasteiger partial charge in [0.2, 0.25) is 0 Å². The van der Waals surface area contributed by atoms with Crippen molar-refractivity contribution in [3.63, 3.8) is 0 Å². The van der Waals surface area contributed by atoms with E-state index in [1.54, 1.807) is 0 Å². The van der Waals surface area contributed by atoms with Gasteiger partial charge in [0.25, 0.3) is 0 Å². The van der Waals surface area contributed by atoms with Gasteiger partial charge in [0.05, 0.1) is 0 Å². The van der Waals surface area contributed by atoms with Gasteiger partial charge in [-0.05, 0) is 6.42 Å². The fraction of sp³-hybridized carbons (Fsp3) is 0.222. The third kappa shape index (κ3) is 25.8. The Hall–Kier alpha value is -0.162. The van der Waals surface area contributed by atoms with E-state index in [2.05, 4.69) is 24.3 Å². The van der Waals surface area contributed by atoms with Crippen LogP contribution in [0.2, 0.25) is 0 Å². The first-order valence-electron chi connectivity index (χ1n) is 2.52. The SMILES string of the molecule is C1=CCC=C1.C[C-]=O.[CH3-].[CH3-].[Pt]. The summed E-state index contributed by atoms with van der Waals surface area (Å²) >= 11 is 0. The first-order chi connectivity index (χ1) is 3.91. The first-order valence-corrected chi connectivity index (χ1v) is 2.52. The average molecular weight is 334 g/mol. The molecule has 0 bridgehead atoms. The standard InChI is InChI=1S/C5H6.C2H3O.2CH3.Pt/c1-2-4-5-3-1;1-2-3;;;/h1-4H,5H2;1H3;2*1H3;/q;3*-1;. The van der Waals surface area contributed by atoms with E-state index < -0.39 is 0 Å². The Morgan fingerprint density at radius 1 is 1.18 bits per heavy atom. The molecule has 1 aliphatic carbocycles. The Morgan fingerprint density at radius 2 is 1.45 bits per heavy atom. The van der Waals surface area contributed by atoms with E-state index >= 15 is 0 Å². The van der Waals surface area contributed by atoms with Crippen LogP contribution in [0, 0.1) is 14.9 Å². The molecule has 0 saturated carbocycles. The molecule has 0 atom stereocenters. The molecular weight excluding hydrogens is 319 g/mol. The molecule has 11 heavy (non-hydrogen) atoms. The number of carbonyl (C=O) groups excluding carboxylic acids is 1. The van der Waals surface area contributed by atoms with Crippen LogP contribution in [-0.4, -0.2) is 6.29 Å². The molecule has 1 aliphatic rings. The van der Waals surface area contributed by atoms with E-state index in [1.807, 2.05) is 0 Å². The van der Waals surface area contributed by atoms with Crippen LogP contribution in [0.1, 0.15) is 13.3 Å². The number of hydrogen-bond acceptors (Lipinski definition) is 1. The second-order valence-corrected chi connectivity index (χ2v) is 1.30. The zero-order valence-electron chi connectivity index (χ0n) is 7.24. The quantitative estimate of drug-likeness (QED) is 0.622. The average Bonchev–Trinajstić information content (AvgIpc) is 2.17. The zero-order chi connectivity index (χ0) is 6.24. The molecular formula is C9H15OPt-3. The minimum atomic E-state index is 0. The topological polar surface area (TPSA) is 17.1 Å². The minimum absolute atomic E-state index is 0. The summed E-state index contributed by atoms with van der Waals surface area (Å²) in [5.41, 5.74) is 0. The fourth-order valence-electron chi connectivity index (χ4n) is 0.393. The summed E-state index contributed by atoms with van der Waals surface area (Å²) in [6.07, 6.45) is 11.0. The van der Waals surface area contributed by atoms with Gasteiger partial charge in [-0.25, -0.2) is 0 Å². The summed E-state index contributed by atoms with van der Waals surface area (Å²) < 4.78 is 0. The zero-order valence-corrected chi connectivity index (χ0v) is 9.51. The summed E-state index contributed by atoms with van der Waals surface area (Å²) in [7, 11) is 0. The Kier molecular flexibility index (Phi) is 46.0. The van der Waals surface area contributed by atoms with Gasteiger partial charge in [-0.2, -0.15) is 6.92 Å². The maximum atomic E-state index is 8.68. The van der Waals surface area contributed by atoms with Crippen LogP contribution in [-0.2, 0) is 25.9 Å². The van der Waals surface area contributed by atoms with E-state index in [-0.39, 0.29) is 35.9 Å². The van der Waals surface area contributed by atoms with Crippen molar-refractivity contribution in [3.8, 4) is 0 Å². The second-order valence-electron chi connectivity index (χ2n) is 1.30. The molecule has 0 aromatic carbocycles. The van der Waals surface area contributed by atoms with Crippen LogP contribution in [0.4, 0.5) is 0 Å². The molecule has 0 aliphatic heterocycles. The smallest absolute Gasteiger partial charge is 0 e. The van der Waals surface area contributed by atoms with Gasteiger partial charge in [0.1, 0.15) is 0 Å². The van der Waals surface area contributed by atoms with E-state index in [4.69, 9.17) is 4.79 Å². The van der Waals surface area contributed by atoms with Gasteiger partial charge in [-0.15, -0.1) is 0 Å². The van der Waals surface area contributed by atoms with Crippen LogP contribution in [0.15, 0.2) is 24.3 Å². The summed E-state index contributed by atoms with van der Waals surface area (Å²) in [4.78, 5) is 8.68. The molecule has 0 amide bonds. The molecule has 0 heterocycles. The van der Waals surface area contributed by atoms with Crippen LogP contribution >= 0.6 is 0 Å². The first kappa shape index (κ1) is 22.4. The largest absolute Gasteiger partial charge is 0.542 e. The van der Waals surface area contributed by atoms with Crippen molar-refractivity contribution in [1.82, 2.24) is 0 Å². The van der Waals surface area contributed by atoms with E-state index in [0.29, 0.717) is 0 Å². The number of hydrogen-bond donors (Lipinski definition) is 0. The monoisotopic (exact) mass is 334 g/mol. The second kappa shape index (κ2) is 22.5. The van der Waals surface area contributed by atoms with Crippen molar-refractivity contribution in [2.75, 3.05) is 0 Å². The molecule has 0 spiro atoms. The molecule has 0 aromatic rings. The third-order valence-electron chi connectivity index (χ3n) is 0.655. The van der Waals surface area contributed by atoms with E-state index in [9.17, 15) is 0 Å². The molecule has 70 valence electrons. The van der Waals surface area contributed by atoms with E-state index in [1.165, 1.54) is 13.2 Å². The predicted molar refractivity (Wildman–Crippen MR) is 47.1 cm³/mol. The van der Waals surface area contributed by atoms with Gasteiger partial charge in [0, 0.05) is 21.1 Å². The van der Waals surface area contributed by atoms with Crippen LogP contribution in [0.3, 0.4) is 0 Å². The molecule has 0 N–H and O–H groups in total. The molecule has 0 radical (unpaired) electrons. The summed E-state index contributed by atoms with van der Waals surface area (Å²) in [6.45, 7) is 1.32. The molecule has 0 fully saturated rings. The maximum Gasteiger partial charge on any atom is 0 e. The van der Waals surface area contributed by atoms with Crippen LogP contribution < -0.4 is 0 Å². The Bertz CT molecular complexity index is 96.1. The molecule has 1 rings (SSSR count). The normalized spacial score (nSPS) is 9.18. The van der Waals surface area contributed by atoms with Crippen molar-refractivity contribution in [2.24, 2.45) is 0 Å². The van der Waals surface area contributed by atoms with Crippen molar-refractivity contribution < 1.29 is 25.9 Å². The molecule has 1 nitrogen and oxygen atoms in total.